The zero-order valence-corrected chi connectivity index (χ0v) is 11.9. The topological polar surface area (TPSA) is 50.9 Å². The maximum atomic E-state index is 5.75. The SMILES string of the molecule is CCC(CC1CC1)Nc1nc(C)ccc1C(N)=S. The van der Waals surface area contributed by atoms with Gasteiger partial charge in [0.25, 0.3) is 0 Å². The van der Waals surface area contributed by atoms with Gasteiger partial charge in [0.2, 0.25) is 0 Å². The van der Waals surface area contributed by atoms with Crippen molar-refractivity contribution in [2.75, 3.05) is 5.32 Å². The van der Waals surface area contributed by atoms with Crippen molar-refractivity contribution in [1.29, 1.82) is 0 Å². The number of nitrogens with zero attached hydrogens (tertiary/aromatic N) is 1. The summed E-state index contributed by atoms with van der Waals surface area (Å²) in [4.78, 5) is 4.94. The molecule has 1 aliphatic carbocycles. The van der Waals surface area contributed by atoms with E-state index in [0.717, 1.165) is 29.4 Å². The molecule has 0 spiro atoms. The van der Waals surface area contributed by atoms with Gasteiger partial charge in [-0.25, -0.2) is 4.98 Å². The molecule has 1 aromatic heterocycles. The Morgan fingerprint density at radius 2 is 2.28 bits per heavy atom. The summed E-state index contributed by atoms with van der Waals surface area (Å²) < 4.78 is 0. The first-order valence-corrected chi connectivity index (χ1v) is 7.05. The van der Waals surface area contributed by atoms with E-state index in [0.29, 0.717) is 11.0 Å². The van der Waals surface area contributed by atoms with Crippen LogP contribution in [0, 0.1) is 12.8 Å². The van der Waals surface area contributed by atoms with Crippen molar-refractivity contribution in [3.05, 3.63) is 23.4 Å². The molecule has 2 rings (SSSR count). The van der Waals surface area contributed by atoms with Gasteiger partial charge in [-0.2, -0.15) is 0 Å². The van der Waals surface area contributed by atoms with Crippen LogP contribution in [0.1, 0.15) is 43.9 Å². The smallest absolute Gasteiger partial charge is 0.136 e. The lowest BCUT2D eigenvalue weighted by Gasteiger charge is -2.19. The Bertz CT molecular complexity index is 441. The maximum Gasteiger partial charge on any atom is 0.136 e. The van der Waals surface area contributed by atoms with Crippen LogP contribution < -0.4 is 11.1 Å². The van der Waals surface area contributed by atoms with Gasteiger partial charge in [0.05, 0.1) is 5.56 Å². The van der Waals surface area contributed by atoms with E-state index < -0.39 is 0 Å². The van der Waals surface area contributed by atoms with Gasteiger partial charge in [-0.1, -0.05) is 32.0 Å². The van der Waals surface area contributed by atoms with E-state index in [2.05, 4.69) is 17.2 Å². The zero-order chi connectivity index (χ0) is 13.1. The molecule has 0 bridgehead atoms. The third-order valence-electron chi connectivity index (χ3n) is 3.45. The summed E-state index contributed by atoms with van der Waals surface area (Å²) in [6.45, 7) is 4.19. The van der Waals surface area contributed by atoms with E-state index >= 15 is 0 Å². The summed E-state index contributed by atoms with van der Waals surface area (Å²) in [5, 5.41) is 3.51. The van der Waals surface area contributed by atoms with Gasteiger partial charge in [-0.3, -0.25) is 0 Å². The minimum Gasteiger partial charge on any atom is -0.389 e. The summed E-state index contributed by atoms with van der Waals surface area (Å²) in [6, 6.07) is 4.37. The lowest BCUT2D eigenvalue weighted by molar-refractivity contribution is 0.585. The van der Waals surface area contributed by atoms with Crippen LogP contribution in [0.4, 0.5) is 5.82 Å². The van der Waals surface area contributed by atoms with Gasteiger partial charge < -0.3 is 11.1 Å². The normalized spacial score (nSPS) is 16.3. The summed E-state index contributed by atoms with van der Waals surface area (Å²) in [6.07, 6.45) is 5.08. The molecule has 98 valence electrons. The van der Waals surface area contributed by atoms with Gasteiger partial charge in [0.15, 0.2) is 0 Å². The molecule has 1 atom stereocenters. The van der Waals surface area contributed by atoms with Crippen molar-refractivity contribution in [1.82, 2.24) is 4.98 Å². The molecule has 1 heterocycles. The van der Waals surface area contributed by atoms with Crippen LogP contribution in [-0.4, -0.2) is 16.0 Å². The van der Waals surface area contributed by atoms with E-state index in [4.69, 9.17) is 18.0 Å². The van der Waals surface area contributed by atoms with Gasteiger partial charge in [-0.05, 0) is 37.8 Å². The highest BCUT2D eigenvalue weighted by molar-refractivity contribution is 7.80. The first-order valence-electron chi connectivity index (χ1n) is 6.64. The standard InChI is InChI=1S/C14H21N3S/c1-3-11(8-10-5-6-10)17-14-12(13(15)18)7-4-9(2)16-14/h4,7,10-11H,3,5-6,8H2,1-2H3,(H2,15,18)(H,16,17). The number of rotatable bonds is 6. The third-order valence-corrected chi connectivity index (χ3v) is 3.67. The molecular weight excluding hydrogens is 242 g/mol. The Morgan fingerprint density at radius 1 is 1.56 bits per heavy atom. The van der Waals surface area contributed by atoms with Crippen molar-refractivity contribution in [3.63, 3.8) is 0 Å². The quantitative estimate of drug-likeness (QED) is 0.775. The first-order chi connectivity index (χ1) is 8.60. The van der Waals surface area contributed by atoms with Crippen LogP contribution in [0.15, 0.2) is 12.1 Å². The summed E-state index contributed by atoms with van der Waals surface area (Å²) in [7, 11) is 0. The molecule has 18 heavy (non-hydrogen) atoms. The van der Waals surface area contributed by atoms with Crippen LogP contribution in [0.5, 0.6) is 0 Å². The zero-order valence-electron chi connectivity index (χ0n) is 11.1. The average Bonchev–Trinajstić information content (AvgIpc) is 3.11. The molecule has 3 nitrogen and oxygen atoms in total. The Labute approximate surface area is 114 Å². The minimum atomic E-state index is 0.409. The predicted molar refractivity (Wildman–Crippen MR) is 79.9 cm³/mol. The van der Waals surface area contributed by atoms with Crippen LogP contribution in [0.2, 0.25) is 0 Å². The average molecular weight is 263 g/mol. The maximum absolute atomic E-state index is 5.75. The lowest BCUT2D eigenvalue weighted by atomic mass is 10.1. The highest BCUT2D eigenvalue weighted by Crippen LogP contribution is 2.34. The Kier molecular flexibility index (Phi) is 4.17. The molecule has 0 saturated heterocycles. The largest absolute Gasteiger partial charge is 0.389 e. The molecular formula is C14H21N3S. The number of aromatic nitrogens is 1. The Morgan fingerprint density at radius 3 is 2.83 bits per heavy atom. The molecule has 0 radical (unpaired) electrons. The Balaban J connectivity index is 2.14. The fourth-order valence-electron chi connectivity index (χ4n) is 2.14. The number of anilines is 1. The van der Waals surface area contributed by atoms with Crippen molar-refractivity contribution < 1.29 is 0 Å². The molecule has 1 fully saturated rings. The lowest BCUT2D eigenvalue weighted by Crippen LogP contribution is -2.23. The molecule has 1 saturated carbocycles. The highest BCUT2D eigenvalue weighted by Gasteiger charge is 2.25. The predicted octanol–water partition coefficient (Wildman–Crippen LogP) is 3.01. The molecule has 3 N–H and O–H groups in total. The number of nitrogens with one attached hydrogen (secondary N) is 1. The summed E-state index contributed by atoms with van der Waals surface area (Å²) in [5.74, 6) is 1.75. The second-order valence-corrected chi connectivity index (χ2v) is 5.58. The van der Waals surface area contributed by atoms with E-state index in [-0.39, 0.29) is 0 Å². The summed E-state index contributed by atoms with van der Waals surface area (Å²) in [5.41, 5.74) is 7.58. The minimum absolute atomic E-state index is 0.409. The van der Waals surface area contributed by atoms with Crippen molar-refractivity contribution in [2.24, 2.45) is 11.7 Å². The van der Waals surface area contributed by atoms with Gasteiger partial charge in [0.1, 0.15) is 10.8 Å². The number of hydrogen-bond acceptors (Lipinski definition) is 3. The fraction of sp³-hybridized carbons (Fsp3) is 0.571. The first kappa shape index (κ1) is 13.3. The van der Waals surface area contributed by atoms with Crippen molar-refractivity contribution in [3.8, 4) is 0 Å². The Hall–Kier alpha value is -1.16. The van der Waals surface area contributed by atoms with Crippen molar-refractivity contribution >= 4 is 23.0 Å². The highest BCUT2D eigenvalue weighted by atomic mass is 32.1. The number of nitrogens with two attached hydrogens (primary N) is 1. The van der Waals surface area contributed by atoms with Crippen LogP contribution in [0.25, 0.3) is 0 Å². The van der Waals surface area contributed by atoms with Gasteiger partial charge in [0, 0.05) is 11.7 Å². The molecule has 1 aromatic rings. The van der Waals surface area contributed by atoms with E-state index in [1.165, 1.54) is 19.3 Å². The van der Waals surface area contributed by atoms with E-state index in [1.807, 2.05) is 19.1 Å². The molecule has 0 amide bonds. The second kappa shape index (κ2) is 5.65. The monoisotopic (exact) mass is 263 g/mol. The van der Waals surface area contributed by atoms with Crippen LogP contribution >= 0.6 is 12.2 Å². The molecule has 4 heteroatoms. The van der Waals surface area contributed by atoms with E-state index in [1.54, 1.807) is 0 Å². The number of aryl methyl sites for hydroxylation is 1. The second-order valence-electron chi connectivity index (χ2n) is 5.14. The van der Waals surface area contributed by atoms with Crippen LogP contribution in [-0.2, 0) is 0 Å². The van der Waals surface area contributed by atoms with Crippen molar-refractivity contribution in [2.45, 2.75) is 45.6 Å². The number of thiocarbonyl (C=S) groups is 1. The summed E-state index contributed by atoms with van der Waals surface area (Å²) >= 11 is 5.08. The third kappa shape index (κ3) is 3.42. The fourth-order valence-corrected chi connectivity index (χ4v) is 2.31. The molecule has 0 aromatic carbocycles. The van der Waals surface area contributed by atoms with Crippen LogP contribution in [0.3, 0.4) is 0 Å². The van der Waals surface area contributed by atoms with E-state index in [9.17, 15) is 0 Å². The molecule has 0 aliphatic heterocycles. The molecule has 1 unspecified atom stereocenters. The molecule has 1 aliphatic rings. The number of hydrogen-bond donors (Lipinski definition) is 2. The number of pyridine rings is 1. The van der Waals surface area contributed by atoms with Gasteiger partial charge in [-0.15, -0.1) is 0 Å². The van der Waals surface area contributed by atoms with Gasteiger partial charge >= 0.3 is 0 Å².